The Morgan fingerprint density at radius 2 is 1.81 bits per heavy atom. The molecule has 4 aromatic rings. The fourth-order valence-electron chi connectivity index (χ4n) is 3.68. The van der Waals surface area contributed by atoms with Gasteiger partial charge in [-0.2, -0.15) is 0 Å². The highest BCUT2D eigenvalue weighted by Crippen LogP contribution is 2.32. The van der Waals surface area contributed by atoms with E-state index < -0.39 is 0 Å². The van der Waals surface area contributed by atoms with E-state index in [1.165, 1.54) is 5.56 Å². The van der Waals surface area contributed by atoms with Gasteiger partial charge in [-0.15, -0.1) is 23.7 Å². The van der Waals surface area contributed by atoms with Gasteiger partial charge in [-0.05, 0) is 62.3 Å². The average molecular weight is 475 g/mol. The zero-order chi connectivity index (χ0) is 21.3. The number of carbonyl (C=O) groups is 1. The summed E-state index contributed by atoms with van der Waals surface area (Å²) in [4.78, 5) is 27.0. The third kappa shape index (κ3) is 4.90. The smallest absolute Gasteiger partial charge is 0.260 e. The molecule has 0 radical (unpaired) electrons. The van der Waals surface area contributed by atoms with Crippen LogP contribution in [0.25, 0.3) is 20.4 Å². The molecule has 4 rings (SSSR count). The second kappa shape index (κ2) is 10.0. The number of nitrogens with zero attached hydrogens (tertiary/aromatic N) is 4. The van der Waals surface area contributed by atoms with Crippen molar-refractivity contribution >= 4 is 66.6 Å². The number of fused-ring (bicyclic) bond motifs is 2. The van der Waals surface area contributed by atoms with Crippen LogP contribution in [0.1, 0.15) is 35.3 Å². The first-order valence-corrected chi connectivity index (χ1v) is 11.9. The van der Waals surface area contributed by atoms with Crippen molar-refractivity contribution in [1.82, 2.24) is 14.9 Å². The van der Waals surface area contributed by atoms with Gasteiger partial charge in [0.1, 0.15) is 0 Å². The van der Waals surface area contributed by atoms with E-state index in [0.717, 1.165) is 50.8 Å². The van der Waals surface area contributed by atoms with Crippen LogP contribution in [0.4, 0.5) is 5.13 Å². The van der Waals surface area contributed by atoms with Crippen molar-refractivity contribution in [2.24, 2.45) is 0 Å². The Morgan fingerprint density at radius 3 is 2.55 bits per heavy atom. The van der Waals surface area contributed by atoms with E-state index in [1.54, 1.807) is 22.7 Å². The fourth-order valence-corrected chi connectivity index (χ4v) is 5.57. The van der Waals surface area contributed by atoms with Crippen molar-refractivity contribution in [3.8, 4) is 0 Å². The molecule has 0 aliphatic carbocycles. The maximum Gasteiger partial charge on any atom is 0.260 e. The molecule has 0 fully saturated rings. The predicted octanol–water partition coefficient (Wildman–Crippen LogP) is 5.93. The minimum atomic E-state index is -0.00844. The standard InChI is InChI=1S/C23H26N4OS2.ClH/c1-5-26(6-2)9-10-27(22(28)17-7-8-18-19(13-17)29-14-24-18)23-25-21-16(4)11-15(3)12-20(21)30-23;/h7-8,11-14H,5-6,9-10H2,1-4H3;1H. The van der Waals surface area contributed by atoms with Gasteiger partial charge in [0.25, 0.3) is 5.91 Å². The minimum absolute atomic E-state index is 0. The predicted molar refractivity (Wildman–Crippen MR) is 135 cm³/mol. The van der Waals surface area contributed by atoms with Crippen LogP contribution in [0.15, 0.2) is 35.8 Å². The van der Waals surface area contributed by atoms with Crippen molar-refractivity contribution in [2.75, 3.05) is 31.1 Å². The lowest BCUT2D eigenvalue weighted by Crippen LogP contribution is -2.38. The zero-order valence-corrected chi connectivity index (χ0v) is 20.7. The number of amides is 1. The summed E-state index contributed by atoms with van der Waals surface area (Å²) in [5.41, 5.74) is 6.77. The summed E-state index contributed by atoms with van der Waals surface area (Å²) in [6, 6.07) is 10.0. The number of thiazole rings is 2. The summed E-state index contributed by atoms with van der Waals surface area (Å²) >= 11 is 3.15. The lowest BCUT2D eigenvalue weighted by atomic mass is 10.1. The Hall–Kier alpha value is -2.06. The highest BCUT2D eigenvalue weighted by Gasteiger charge is 2.23. The number of halogens is 1. The van der Waals surface area contributed by atoms with E-state index in [-0.39, 0.29) is 18.3 Å². The third-order valence-electron chi connectivity index (χ3n) is 5.41. The number of aromatic nitrogens is 2. The fraction of sp³-hybridized carbons (Fsp3) is 0.348. The van der Waals surface area contributed by atoms with Gasteiger partial charge in [0.05, 0.1) is 25.9 Å². The molecule has 0 bridgehead atoms. The summed E-state index contributed by atoms with van der Waals surface area (Å²) in [7, 11) is 0. The largest absolute Gasteiger partial charge is 0.302 e. The molecule has 0 saturated carbocycles. The molecule has 0 saturated heterocycles. The zero-order valence-electron chi connectivity index (χ0n) is 18.2. The molecule has 2 heterocycles. The summed E-state index contributed by atoms with van der Waals surface area (Å²) in [6.45, 7) is 11.8. The van der Waals surface area contributed by atoms with Gasteiger partial charge in [-0.25, -0.2) is 9.97 Å². The first kappa shape index (κ1) is 23.6. The molecular weight excluding hydrogens is 448 g/mol. The van der Waals surface area contributed by atoms with Crippen molar-refractivity contribution in [1.29, 1.82) is 0 Å². The highest BCUT2D eigenvalue weighted by atomic mass is 35.5. The molecule has 0 aliphatic heterocycles. The third-order valence-corrected chi connectivity index (χ3v) is 7.22. The Labute approximate surface area is 197 Å². The molecular formula is C23H27ClN4OS2. The number of hydrogen-bond donors (Lipinski definition) is 0. The Balaban J connectivity index is 0.00000272. The SMILES string of the molecule is CCN(CC)CCN(C(=O)c1ccc2ncsc2c1)c1nc2c(C)cc(C)cc2s1.Cl. The molecule has 164 valence electrons. The first-order chi connectivity index (χ1) is 14.5. The maximum absolute atomic E-state index is 13.6. The van der Waals surface area contributed by atoms with Gasteiger partial charge >= 0.3 is 0 Å². The van der Waals surface area contributed by atoms with E-state index >= 15 is 0 Å². The van der Waals surface area contributed by atoms with E-state index in [4.69, 9.17) is 4.98 Å². The van der Waals surface area contributed by atoms with Crippen LogP contribution >= 0.6 is 35.1 Å². The van der Waals surface area contributed by atoms with Crippen LogP contribution < -0.4 is 4.90 Å². The summed E-state index contributed by atoms with van der Waals surface area (Å²) in [5.74, 6) is -0.00844. The van der Waals surface area contributed by atoms with Crippen LogP contribution in [0, 0.1) is 13.8 Å². The monoisotopic (exact) mass is 474 g/mol. The van der Waals surface area contributed by atoms with Crippen LogP contribution in [0.5, 0.6) is 0 Å². The summed E-state index contributed by atoms with van der Waals surface area (Å²) < 4.78 is 2.15. The molecule has 0 unspecified atom stereocenters. The van der Waals surface area contributed by atoms with E-state index in [1.807, 2.05) is 28.6 Å². The Morgan fingerprint density at radius 1 is 1.03 bits per heavy atom. The topological polar surface area (TPSA) is 49.3 Å². The van der Waals surface area contributed by atoms with E-state index in [0.29, 0.717) is 12.1 Å². The van der Waals surface area contributed by atoms with Crippen molar-refractivity contribution < 1.29 is 4.79 Å². The van der Waals surface area contributed by atoms with Crippen LogP contribution in [0.3, 0.4) is 0 Å². The number of rotatable bonds is 7. The van der Waals surface area contributed by atoms with Gasteiger partial charge < -0.3 is 4.90 Å². The second-order valence-corrected chi connectivity index (χ2v) is 9.34. The van der Waals surface area contributed by atoms with Crippen LogP contribution in [-0.2, 0) is 0 Å². The molecule has 5 nitrogen and oxygen atoms in total. The van der Waals surface area contributed by atoms with Gasteiger partial charge in [-0.3, -0.25) is 9.69 Å². The molecule has 1 amide bonds. The van der Waals surface area contributed by atoms with Gasteiger partial charge in [0.15, 0.2) is 5.13 Å². The molecule has 0 aliphatic rings. The van der Waals surface area contributed by atoms with E-state index in [2.05, 4.69) is 49.7 Å². The number of carbonyl (C=O) groups excluding carboxylic acids is 1. The molecule has 2 aromatic heterocycles. The van der Waals surface area contributed by atoms with Crippen molar-refractivity contribution in [3.63, 3.8) is 0 Å². The van der Waals surface area contributed by atoms with Gasteiger partial charge in [-0.1, -0.05) is 31.3 Å². The Bertz CT molecular complexity index is 1200. The molecule has 8 heteroatoms. The van der Waals surface area contributed by atoms with Gasteiger partial charge in [0.2, 0.25) is 0 Å². The lowest BCUT2D eigenvalue weighted by molar-refractivity contribution is 0.0984. The van der Waals surface area contributed by atoms with Crippen LogP contribution in [0.2, 0.25) is 0 Å². The lowest BCUT2D eigenvalue weighted by Gasteiger charge is -2.24. The normalized spacial score (nSPS) is 11.3. The summed E-state index contributed by atoms with van der Waals surface area (Å²) in [5, 5.41) is 0.764. The average Bonchev–Trinajstić information content (AvgIpc) is 3.37. The number of benzene rings is 2. The Kier molecular flexibility index (Phi) is 7.64. The molecule has 2 aromatic carbocycles. The molecule has 0 spiro atoms. The number of aryl methyl sites for hydroxylation is 2. The highest BCUT2D eigenvalue weighted by molar-refractivity contribution is 7.22. The quantitative estimate of drug-likeness (QED) is 0.333. The molecule has 0 N–H and O–H groups in total. The minimum Gasteiger partial charge on any atom is -0.302 e. The molecule has 0 atom stereocenters. The van der Waals surface area contributed by atoms with Crippen LogP contribution in [-0.4, -0.2) is 47.0 Å². The summed E-state index contributed by atoms with van der Waals surface area (Å²) in [6.07, 6.45) is 0. The van der Waals surface area contributed by atoms with Crippen molar-refractivity contribution in [3.05, 3.63) is 52.5 Å². The maximum atomic E-state index is 13.6. The number of anilines is 1. The molecule has 31 heavy (non-hydrogen) atoms. The number of likely N-dealkylation sites (N-methyl/N-ethyl adjacent to an activating group) is 1. The van der Waals surface area contributed by atoms with E-state index in [9.17, 15) is 4.79 Å². The first-order valence-electron chi connectivity index (χ1n) is 10.3. The second-order valence-electron chi connectivity index (χ2n) is 7.44. The van der Waals surface area contributed by atoms with Crippen molar-refractivity contribution in [2.45, 2.75) is 27.7 Å². The number of hydrogen-bond acceptors (Lipinski definition) is 6. The van der Waals surface area contributed by atoms with Gasteiger partial charge in [0, 0.05) is 18.7 Å².